The molecular weight excluding hydrogens is 829 g/mol. The second kappa shape index (κ2) is 18.4. The van der Waals surface area contributed by atoms with Crippen LogP contribution >= 0.6 is 47.0 Å². The molecule has 4 aromatic carbocycles. The zero-order valence-electron chi connectivity index (χ0n) is 38.5. The summed E-state index contributed by atoms with van der Waals surface area (Å²) in [6, 6.07) is 17.1. The van der Waals surface area contributed by atoms with Crippen LogP contribution in [0, 0.1) is 0 Å². The average molecular weight is 897 g/mol. The molecule has 60 heavy (non-hydrogen) atoms. The number of hydrogen-bond acceptors (Lipinski definition) is 11. The summed E-state index contributed by atoms with van der Waals surface area (Å²) in [5.41, 5.74) is 2.91. The van der Waals surface area contributed by atoms with E-state index in [1.54, 1.807) is 59.2 Å². The SMILES string of the molecule is COc1cc(SC(C)(Cc2c(SC(C)(C)Sc3cc(C(C)(C)C)c(O)c(C(C)(C)CCO)c3)cc(C(C)(C)C)c(O)c2C(C)(C)C)Sc2ccc(O)c(OC)c2)ccc1O. The van der Waals surface area contributed by atoms with Crippen molar-refractivity contribution in [2.24, 2.45) is 0 Å². The molecule has 0 aliphatic carbocycles. The maximum Gasteiger partial charge on any atom is 0.161 e. The molecule has 0 spiro atoms. The molecule has 330 valence electrons. The summed E-state index contributed by atoms with van der Waals surface area (Å²) in [5.74, 6) is 1.46. The molecule has 0 saturated heterocycles. The third kappa shape index (κ3) is 11.9. The van der Waals surface area contributed by atoms with Gasteiger partial charge in [-0.3, -0.25) is 0 Å². The van der Waals surface area contributed by atoms with Crippen LogP contribution in [0.3, 0.4) is 0 Å². The van der Waals surface area contributed by atoms with Gasteiger partial charge in [0.15, 0.2) is 23.0 Å². The lowest BCUT2D eigenvalue weighted by molar-refractivity contribution is 0.249. The summed E-state index contributed by atoms with van der Waals surface area (Å²) in [6.45, 7) is 30.0. The molecular formula is C49H68O7S4. The van der Waals surface area contributed by atoms with Gasteiger partial charge in [0.25, 0.3) is 0 Å². The fourth-order valence-electron chi connectivity index (χ4n) is 7.43. The monoisotopic (exact) mass is 896 g/mol. The van der Waals surface area contributed by atoms with Crippen LogP contribution in [-0.2, 0) is 28.1 Å². The number of thioether (sulfide) groups is 4. The van der Waals surface area contributed by atoms with Crippen molar-refractivity contribution in [3.8, 4) is 34.5 Å². The van der Waals surface area contributed by atoms with Crippen molar-refractivity contribution in [3.63, 3.8) is 0 Å². The van der Waals surface area contributed by atoms with Crippen LogP contribution < -0.4 is 9.47 Å². The van der Waals surface area contributed by atoms with Crippen LogP contribution in [-0.4, -0.2) is 54.5 Å². The molecule has 0 saturated carbocycles. The van der Waals surface area contributed by atoms with E-state index in [1.807, 2.05) is 24.3 Å². The van der Waals surface area contributed by atoms with Crippen LogP contribution in [0.2, 0.25) is 0 Å². The van der Waals surface area contributed by atoms with E-state index in [9.17, 15) is 25.5 Å². The summed E-state index contributed by atoms with van der Waals surface area (Å²) < 4.78 is 9.99. The van der Waals surface area contributed by atoms with Crippen LogP contribution in [0.15, 0.2) is 74.2 Å². The standard InChI is InChI=1S/C49H68O7S4/c1-44(2,3)33-23-31(24-35(42(33)53)47(10,11)21-22-50)57-48(12,13)60-40-27-34(45(4,5)6)43(54)41(46(7,8)9)32(40)28-49(14,58-29-17-19-36(51)38(25-29)55-15)59-30-18-20-37(52)39(26-30)56-16/h17-20,23-27,50-54H,21-22,28H2,1-16H3. The van der Waals surface area contributed by atoms with Crippen molar-refractivity contribution in [2.75, 3.05) is 20.8 Å². The summed E-state index contributed by atoms with van der Waals surface area (Å²) in [4.78, 5) is 3.88. The molecule has 11 heteroatoms. The number of aromatic hydroxyl groups is 4. The maximum atomic E-state index is 12.4. The van der Waals surface area contributed by atoms with Gasteiger partial charge < -0.3 is 35.0 Å². The minimum Gasteiger partial charge on any atom is -0.507 e. The topological polar surface area (TPSA) is 120 Å². The first-order valence-electron chi connectivity index (χ1n) is 20.3. The number of ether oxygens (including phenoxy) is 2. The number of methoxy groups -OCH3 is 2. The first-order chi connectivity index (χ1) is 27.4. The van der Waals surface area contributed by atoms with Crippen LogP contribution in [0.25, 0.3) is 0 Å². The van der Waals surface area contributed by atoms with Crippen molar-refractivity contribution in [3.05, 3.63) is 82.4 Å². The van der Waals surface area contributed by atoms with E-state index in [-0.39, 0.29) is 34.7 Å². The zero-order chi connectivity index (χ0) is 45.4. The first-order valence-corrected chi connectivity index (χ1v) is 23.6. The van der Waals surface area contributed by atoms with E-state index in [2.05, 4.69) is 115 Å². The molecule has 7 nitrogen and oxygen atoms in total. The van der Waals surface area contributed by atoms with Crippen LogP contribution in [0.1, 0.15) is 131 Å². The van der Waals surface area contributed by atoms with E-state index in [4.69, 9.17) is 9.47 Å². The Kier molecular flexibility index (Phi) is 15.2. The molecule has 0 aliphatic rings. The summed E-state index contributed by atoms with van der Waals surface area (Å²) in [7, 11) is 3.08. The molecule has 0 fully saturated rings. The van der Waals surface area contributed by atoms with E-state index < -0.39 is 19.0 Å². The molecule has 0 heterocycles. The summed E-state index contributed by atoms with van der Waals surface area (Å²) in [5, 5.41) is 55.0. The molecule has 4 aromatic rings. The number of hydrogen-bond donors (Lipinski definition) is 5. The fourth-order valence-corrected chi connectivity index (χ4v) is 12.9. The molecule has 4 rings (SSSR count). The van der Waals surface area contributed by atoms with Gasteiger partial charge in [-0.25, -0.2) is 0 Å². The molecule has 0 unspecified atom stereocenters. The van der Waals surface area contributed by atoms with Crippen molar-refractivity contribution in [1.29, 1.82) is 0 Å². The lowest BCUT2D eigenvalue weighted by Crippen LogP contribution is -2.26. The number of aliphatic hydroxyl groups is 1. The number of benzene rings is 4. The number of phenols is 4. The van der Waals surface area contributed by atoms with Crippen molar-refractivity contribution in [1.82, 2.24) is 0 Å². The number of rotatable bonds is 15. The smallest absolute Gasteiger partial charge is 0.161 e. The predicted molar refractivity (Wildman–Crippen MR) is 256 cm³/mol. The quantitative estimate of drug-likeness (QED) is 0.0579. The van der Waals surface area contributed by atoms with Gasteiger partial charge in [-0.05, 0) is 115 Å². The fraction of sp³-hybridized carbons (Fsp3) is 0.510. The molecule has 5 N–H and O–H groups in total. The Hall–Kier alpha value is -2.96. The van der Waals surface area contributed by atoms with Crippen molar-refractivity contribution in [2.45, 2.75) is 159 Å². The highest BCUT2D eigenvalue weighted by atomic mass is 32.2. The Labute approximate surface area is 376 Å². The maximum absolute atomic E-state index is 12.4. The van der Waals surface area contributed by atoms with Crippen molar-refractivity contribution >= 4 is 47.0 Å². The third-order valence-corrected chi connectivity index (χ3v) is 15.6. The van der Waals surface area contributed by atoms with Crippen LogP contribution in [0.4, 0.5) is 0 Å². The highest BCUT2D eigenvalue weighted by molar-refractivity contribution is 8.18. The minimum absolute atomic E-state index is 0.0158. The van der Waals surface area contributed by atoms with E-state index in [1.165, 1.54) is 14.2 Å². The van der Waals surface area contributed by atoms with Gasteiger partial charge in [0.05, 0.1) is 22.4 Å². The number of phenolic OH excluding ortho intramolecular Hbond substituents is 4. The lowest BCUT2D eigenvalue weighted by Gasteiger charge is -2.37. The van der Waals surface area contributed by atoms with E-state index in [0.29, 0.717) is 30.1 Å². The summed E-state index contributed by atoms with van der Waals surface area (Å²) in [6.07, 6.45) is 1.04. The Morgan fingerprint density at radius 2 is 0.983 bits per heavy atom. The Morgan fingerprint density at radius 1 is 0.517 bits per heavy atom. The molecule has 0 bridgehead atoms. The molecule has 0 atom stereocenters. The highest BCUT2D eigenvalue weighted by Gasteiger charge is 2.38. The second-order valence-corrected chi connectivity index (χ2v) is 26.9. The minimum atomic E-state index is -0.613. The molecule has 0 aromatic heterocycles. The Morgan fingerprint density at radius 3 is 1.42 bits per heavy atom. The van der Waals surface area contributed by atoms with Gasteiger partial charge in [0.2, 0.25) is 0 Å². The first kappa shape index (κ1) is 49.7. The highest BCUT2D eigenvalue weighted by Crippen LogP contribution is 2.56. The van der Waals surface area contributed by atoms with Crippen molar-refractivity contribution < 1.29 is 35.0 Å². The average Bonchev–Trinajstić information content (AvgIpc) is 3.09. The summed E-state index contributed by atoms with van der Waals surface area (Å²) >= 11 is 6.80. The van der Waals surface area contributed by atoms with E-state index >= 15 is 0 Å². The second-order valence-electron chi connectivity index (χ2n) is 19.9. The van der Waals surface area contributed by atoms with Gasteiger partial charge in [-0.1, -0.05) is 76.2 Å². The van der Waals surface area contributed by atoms with Gasteiger partial charge >= 0.3 is 0 Å². The zero-order valence-corrected chi connectivity index (χ0v) is 41.8. The molecule has 0 aliphatic heterocycles. The van der Waals surface area contributed by atoms with E-state index in [0.717, 1.165) is 47.4 Å². The largest absolute Gasteiger partial charge is 0.507 e. The predicted octanol–water partition coefficient (Wildman–Crippen LogP) is 13.5. The molecule has 0 amide bonds. The van der Waals surface area contributed by atoms with Crippen LogP contribution in [0.5, 0.6) is 34.5 Å². The van der Waals surface area contributed by atoms with Gasteiger partial charge in [-0.15, -0.1) is 47.0 Å². The van der Waals surface area contributed by atoms with Gasteiger partial charge in [0, 0.05) is 48.4 Å². The Bertz CT molecular complexity index is 2100. The van der Waals surface area contributed by atoms with Gasteiger partial charge in [0.1, 0.15) is 11.5 Å². The Balaban J connectivity index is 1.98. The normalized spacial score (nSPS) is 13.2. The van der Waals surface area contributed by atoms with Gasteiger partial charge in [-0.2, -0.15) is 0 Å². The molecule has 0 radical (unpaired) electrons. The number of aliphatic hydroxyl groups excluding tert-OH is 1. The lowest BCUT2D eigenvalue weighted by atomic mass is 9.76. The third-order valence-electron chi connectivity index (χ3n) is 10.5.